The summed E-state index contributed by atoms with van der Waals surface area (Å²) < 4.78 is 0. The van der Waals surface area contributed by atoms with E-state index in [4.69, 9.17) is 0 Å². The fraction of sp³-hybridized carbons (Fsp3) is 0.0612. The maximum Gasteiger partial charge on any atom is 4.00 e. The summed E-state index contributed by atoms with van der Waals surface area (Å²) in [6.45, 7) is 9.32. The van der Waals surface area contributed by atoms with Gasteiger partial charge < -0.3 is 6.92 Å². The van der Waals surface area contributed by atoms with Crippen molar-refractivity contribution in [1.29, 1.82) is 0 Å². The summed E-state index contributed by atoms with van der Waals surface area (Å²) in [4.78, 5) is 0. The van der Waals surface area contributed by atoms with Crippen LogP contribution in [-0.2, 0) is 25.8 Å². The molecule has 0 aromatic heterocycles. The Bertz CT molecular complexity index is 2330. The molecule has 0 aliphatic rings. The van der Waals surface area contributed by atoms with Crippen LogP contribution in [0.2, 0.25) is 0 Å². The second-order valence-electron chi connectivity index (χ2n) is 12.3. The molecule has 0 aliphatic carbocycles. The van der Waals surface area contributed by atoms with Crippen molar-refractivity contribution in [2.45, 2.75) is 20.8 Å². The van der Waals surface area contributed by atoms with Gasteiger partial charge in [-0.05, 0) is 32.7 Å². The first-order chi connectivity index (χ1) is 24.6. The van der Waals surface area contributed by atoms with Crippen molar-refractivity contribution in [2.24, 2.45) is 0 Å². The smallest absolute Gasteiger partial charge is 0.346 e. The van der Waals surface area contributed by atoms with Crippen LogP contribution in [0.5, 0.6) is 0 Å². The average molecular weight is 837 g/mol. The molecule has 9 aromatic rings. The number of hydrogen-bond acceptors (Lipinski definition) is 0. The molecule has 0 saturated carbocycles. The minimum absolute atomic E-state index is 0. The maximum atomic E-state index is 3.25. The van der Waals surface area contributed by atoms with Gasteiger partial charge in [0.2, 0.25) is 0 Å². The van der Waals surface area contributed by atoms with Crippen LogP contribution in [-0.4, -0.2) is 15.5 Å². The van der Waals surface area contributed by atoms with Crippen molar-refractivity contribution in [3.05, 3.63) is 200 Å². The molecule has 0 bridgehead atoms. The van der Waals surface area contributed by atoms with E-state index in [-0.39, 0.29) is 25.8 Å². The minimum atomic E-state index is 0. The van der Waals surface area contributed by atoms with E-state index in [1.165, 1.54) is 82.0 Å². The molecule has 0 nitrogen and oxygen atoms in total. The molecule has 0 saturated heterocycles. The van der Waals surface area contributed by atoms with E-state index in [1.54, 1.807) is 16.8 Å². The van der Waals surface area contributed by atoms with Crippen LogP contribution < -0.4 is 0 Å². The Balaban J connectivity index is 0.000000155. The molecular weight excluding hydrogens is 795 g/mol. The number of hydrogen-bond donors (Lipinski definition) is 0. The van der Waals surface area contributed by atoms with Gasteiger partial charge in [-0.1, -0.05) is 138 Å². The third-order valence-corrected chi connectivity index (χ3v) is 9.34. The Morgan fingerprint density at radius 2 is 0.784 bits per heavy atom. The molecule has 0 N–H and O–H groups in total. The fourth-order valence-electron chi connectivity index (χ4n) is 6.72. The zero-order valence-corrected chi connectivity index (χ0v) is 34.7. The van der Waals surface area contributed by atoms with Crippen LogP contribution in [0.15, 0.2) is 176 Å². The summed E-state index contributed by atoms with van der Waals surface area (Å²) in [5, 5.41) is 10.6. The van der Waals surface area contributed by atoms with Crippen molar-refractivity contribution in [2.75, 3.05) is 0 Å². The molecule has 9 rings (SSSR count). The molecule has 0 fully saturated rings. The standard InChI is InChI=1S/2C20H15.C7H7Si.C2H5.Hf/c2*1-14-12-16-8-5-11-19(20(16)13-14)18-10-4-7-15-6-2-3-9-17(15)18;8-6-7-4-2-1-3-5-7;1-2;/h2*2-13H,1H3;1-5H,8H2;1H2,2H3;/q4*-1;+4. The SMILES string of the molecule is Cc1cc2c(-c3cccc4ccccc34)cccc2[cH-]1.Cc1cc2c(-c3cccc4ccccc34)cccc2[cH-]1.[CH2-]C.[Hf+4].[SiH2]=[C-]c1ccccc1. The minimum Gasteiger partial charge on any atom is -0.346 e. The van der Waals surface area contributed by atoms with Gasteiger partial charge in [0.25, 0.3) is 0 Å². The molecule has 51 heavy (non-hydrogen) atoms. The van der Waals surface area contributed by atoms with Gasteiger partial charge in [-0.2, -0.15) is 42.4 Å². The normalized spacial score (nSPS) is 10.3. The Morgan fingerprint density at radius 3 is 1.20 bits per heavy atom. The van der Waals surface area contributed by atoms with E-state index >= 15 is 0 Å². The van der Waals surface area contributed by atoms with Crippen LogP contribution in [0.3, 0.4) is 0 Å². The van der Waals surface area contributed by atoms with Crippen molar-refractivity contribution in [3.63, 3.8) is 0 Å². The van der Waals surface area contributed by atoms with Gasteiger partial charge >= 0.3 is 25.8 Å². The summed E-state index contributed by atoms with van der Waals surface area (Å²) in [6.07, 6.45) is 0. The topological polar surface area (TPSA) is 0 Å². The van der Waals surface area contributed by atoms with Gasteiger partial charge in [-0.25, -0.2) is 0 Å². The average Bonchev–Trinajstić information content (AvgIpc) is 3.77. The molecule has 0 aliphatic heterocycles. The Labute approximate surface area is 325 Å². The van der Waals surface area contributed by atoms with Gasteiger partial charge in [-0.15, -0.1) is 81.2 Å². The zero-order chi connectivity index (χ0) is 34.9. The summed E-state index contributed by atoms with van der Waals surface area (Å²) in [5.74, 6) is 0. The summed E-state index contributed by atoms with van der Waals surface area (Å²) >= 11 is 0. The number of aryl methyl sites for hydroxylation is 2. The summed E-state index contributed by atoms with van der Waals surface area (Å²) in [5.41, 5.74) is 12.2. The fourth-order valence-corrected chi connectivity index (χ4v) is 6.95. The predicted octanol–water partition coefficient (Wildman–Crippen LogP) is 12.6. The molecule has 0 spiro atoms. The monoisotopic (exact) mass is 838 g/mol. The molecular formula is C49H42HfSi. The second-order valence-corrected chi connectivity index (χ2v) is 12.6. The first-order valence-corrected chi connectivity index (χ1v) is 17.9. The quantitative estimate of drug-likeness (QED) is 0.123. The van der Waals surface area contributed by atoms with Crippen LogP contribution >= 0.6 is 0 Å². The van der Waals surface area contributed by atoms with Crippen molar-refractivity contribution in [3.8, 4) is 22.3 Å². The van der Waals surface area contributed by atoms with E-state index in [2.05, 4.69) is 172 Å². The van der Waals surface area contributed by atoms with E-state index < -0.39 is 0 Å². The largest absolute Gasteiger partial charge is 4.00 e. The van der Waals surface area contributed by atoms with E-state index in [0.717, 1.165) is 0 Å². The van der Waals surface area contributed by atoms with Gasteiger partial charge in [-0.3, -0.25) is 0 Å². The van der Waals surface area contributed by atoms with Crippen LogP contribution in [0.25, 0.3) is 65.3 Å². The van der Waals surface area contributed by atoms with Crippen molar-refractivity contribution in [1.82, 2.24) is 0 Å². The zero-order valence-electron chi connectivity index (χ0n) is 29.7. The van der Waals surface area contributed by atoms with Crippen LogP contribution in [0.4, 0.5) is 0 Å². The van der Waals surface area contributed by atoms with Crippen LogP contribution in [0.1, 0.15) is 23.6 Å². The summed E-state index contributed by atoms with van der Waals surface area (Å²) in [6, 6.07) is 62.6. The molecule has 2 heteroatoms. The Morgan fingerprint density at radius 1 is 0.431 bits per heavy atom. The van der Waals surface area contributed by atoms with Crippen molar-refractivity contribution >= 4 is 58.6 Å². The third-order valence-electron chi connectivity index (χ3n) is 8.93. The predicted molar refractivity (Wildman–Crippen MR) is 225 cm³/mol. The van der Waals surface area contributed by atoms with Gasteiger partial charge in [0.15, 0.2) is 0 Å². The molecule has 0 radical (unpaired) electrons. The Hall–Kier alpha value is -4.76. The van der Waals surface area contributed by atoms with E-state index in [1.807, 2.05) is 30.3 Å². The number of benzene rings is 7. The molecule has 0 unspecified atom stereocenters. The van der Waals surface area contributed by atoms with Gasteiger partial charge in [0, 0.05) is 0 Å². The molecule has 9 aromatic carbocycles. The summed E-state index contributed by atoms with van der Waals surface area (Å²) in [7, 11) is 1.73. The van der Waals surface area contributed by atoms with E-state index in [9.17, 15) is 0 Å². The third kappa shape index (κ3) is 8.59. The van der Waals surface area contributed by atoms with Gasteiger partial charge in [0.05, 0.1) is 0 Å². The molecule has 246 valence electrons. The van der Waals surface area contributed by atoms with E-state index in [0.29, 0.717) is 0 Å². The van der Waals surface area contributed by atoms with Gasteiger partial charge in [0.1, 0.15) is 0 Å². The first-order valence-electron chi connectivity index (χ1n) is 17.2. The molecule has 0 heterocycles. The number of fused-ring (bicyclic) bond motifs is 4. The maximum absolute atomic E-state index is 3.25. The molecule has 0 amide bonds. The van der Waals surface area contributed by atoms with Crippen molar-refractivity contribution < 1.29 is 25.8 Å². The van der Waals surface area contributed by atoms with Crippen LogP contribution in [0, 0.1) is 20.8 Å². The Kier molecular flexibility index (Phi) is 13.2. The second kappa shape index (κ2) is 17.9. The first kappa shape index (κ1) is 37.5. The molecule has 0 atom stereocenters. The number of rotatable bonds is 3.